The van der Waals surface area contributed by atoms with Crippen molar-refractivity contribution in [1.82, 2.24) is 0 Å². The molecule has 1 aliphatic carbocycles. The van der Waals surface area contributed by atoms with Gasteiger partial charge in [0.25, 0.3) is 5.92 Å². The van der Waals surface area contributed by atoms with Crippen LogP contribution in [0, 0.1) is 5.92 Å². The molecule has 1 rings (SSSR count). The van der Waals surface area contributed by atoms with Crippen molar-refractivity contribution in [1.29, 1.82) is 0 Å². The Labute approximate surface area is 52.7 Å². The molecule has 0 amide bonds. The fourth-order valence-electron chi connectivity index (χ4n) is 0.758. The molecule has 0 aromatic carbocycles. The lowest BCUT2D eigenvalue weighted by Gasteiger charge is -1.98. The van der Waals surface area contributed by atoms with E-state index in [4.69, 9.17) is 0 Å². The van der Waals surface area contributed by atoms with E-state index in [1.54, 1.807) is 6.92 Å². The highest BCUT2D eigenvalue weighted by Gasteiger charge is 2.58. The molecule has 0 bridgehead atoms. The minimum atomic E-state index is -2.39. The highest BCUT2D eigenvalue weighted by molar-refractivity contribution is 7.80. The van der Waals surface area contributed by atoms with Gasteiger partial charge in [0.05, 0.1) is 0 Å². The molecule has 2 atom stereocenters. The lowest BCUT2D eigenvalue weighted by molar-refractivity contribution is 0.0993. The summed E-state index contributed by atoms with van der Waals surface area (Å²) >= 11 is 3.89. The lowest BCUT2D eigenvalue weighted by atomic mass is 10.3. The minimum absolute atomic E-state index is 0.0394. The first kappa shape index (κ1) is 6.33. The van der Waals surface area contributed by atoms with Crippen molar-refractivity contribution in [3.63, 3.8) is 0 Å². The summed E-state index contributed by atoms with van der Waals surface area (Å²) < 4.78 is 24.0. The summed E-state index contributed by atoms with van der Waals surface area (Å²) in [5, 5.41) is -0.148. The Balaban J connectivity index is 2.37. The highest BCUT2D eigenvalue weighted by Crippen LogP contribution is 2.51. The smallest absolute Gasteiger partial charge is 0.207 e. The molecular weight excluding hydrogens is 130 g/mol. The first-order chi connectivity index (χ1) is 3.54. The number of thiol groups is 1. The van der Waals surface area contributed by atoms with Gasteiger partial charge in [-0.3, -0.25) is 0 Å². The number of hydrogen-bond donors (Lipinski definition) is 1. The lowest BCUT2D eigenvalue weighted by Crippen LogP contribution is -2.02. The summed E-state index contributed by atoms with van der Waals surface area (Å²) in [5.41, 5.74) is 0. The van der Waals surface area contributed by atoms with Gasteiger partial charge >= 0.3 is 0 Å². The van der Waals surface area contributed by atoms with Crippen LogP contribution in [-0.2, 0) is 0 Å². The predicted molar refractivity (Wildman–Crippen MR) is 31.5 cm³/mol. The van der Waals surface area contributed by atoms with Crippen LogP contribution in [0.3, 0.4) is 0 Å². The van der Waals surface area contributed by atoms with Crippen molar-refractivity contribution in [3.8, 4) is 0 Å². The molecule has 0 radical (unpaired) electrons. The molecule has 0 aliphatic heterocycles. The summed E-state index contributed by atoms with van der Waals surface area (Å²) in [6.07, 6.45) is 0.0394. The van der Waals surface area contributed by atoms with Crippen LogP contribution in [-0.4, -0.2) is 11.2 Å². The first-order valence-electron chi connectivity index (χ1n) is 2.60. The third-order valence-corrected chi connectivity index (χ3v) is 1.82. The zero-order valence-corrected chi connectivity index (χ0v) is 5.46. The first-order valence-corrected chi connectivity index (χ1v) is 3.11. The van der Waals surface area contributed by atoms with E-state index in [-0.39, 0.29) is 11.7 Å². The molecule has 48 valence electrons. The molecule has 1 saturated carbocycles. The van der Waals surface area contributed by atoms with Gasteiger partial charge in [-0.2, -0.15) is 12.6 Å². The van der Waals surface area contributed by atoms with Crippen molar-refractivity contribution >= 4 is 12.6 Å². The zero-order valence-electron chi connectivity index (χ0n) is 4.56. The van der Waals surface area contributed by atoms with Crippen molar-refractivity contribution < 1.29 is 8.78 Å². The van der Waals surface area contributed by atoms with Gasteiger partial charge in [-0.25, -0.2) is 8.78 Å². The summed E-state index contributed by atoms with van der Waals surface area (Å²) in [5.74, 6) is -2.84. The Morgan fingerprint density at radius 1 is 1.75 bits per heavy atom. The molecule has 1 unspecified atom stereocenters. The molecule has 1 aliphatic rings. The summed E-state index contributed by atoms with van der Waals surface area (Å²) in [7, 11) is 0. The normalized spacial score (nSPS) is 36.8. The Morgan fingerprint density at radius 2 is 2.12 bits per heavy atom. The van der Waals surface area contributed by atoms with E-state index in [1.807, 2.05) is 0 Å². The second-order valence-corrected chi connectivity index (χ2v) is 3.13. The van der Waals surface area contributed by atoms with E-state index in [0.29, 0.717) is 0 Å². The Hall–Kier alpha value is 0.210. The van der Waals surface area contributed by atoms with Gasteiger partial charge in [-0.1, -0.05) is 6.92 Å². The Kier molecular flexibility index (Phi) is 1.26. The molecule has 0 N–H and O–H groups in total. The number of alkyl halides is 2. The average Bonchev–Trinajstić information content (AvgIpc) is 2.13. The quantitative estimate of drug-likeness (QED) is 0.526. The van der Waals surface area contributed by atoms with E-state index < -0.39 is 11.8 Å². The van der Waals surface area contributed by atoms with Gasteiger partial charge < -0.3 is 0 Å². The van der Waals surface area contributed by atoms with E-state index in [1.165, 1.54) is 0 Å². The molecule has 0 spiro atoms. The van der Waals surface area contributed by atoms with Crippen molar-refractivity contribution in [2.24, 2.45) is 5.92 Å². The highest BCUT2D eigenvalue weighted by atomic mass is 32.1. The Bertz CT molecular complexity index is 101. The standard InChI is InChI=1S/C5H8F2S/c1-3(8)4-2-5(4,6)7/h3-4,8H,2H2,1H3/t3?,4-/m1/s1. The van der Waals surface area contributed by atoms with Crippen molar-refractivity contribution in [3.05, 3.63) is 0 Å². The second-order valence-electron chi connectivity index (χ2n) is 2.31. The number of halogens is 2. The molecule has 0 saturated heterocycles. The van der Waals surface area contributed by atoms with Crippen LogP contribution in [0.15, 0.2) is 0 Å². The third-order valence-electron chi connectivity index (χ3n) is 1.46. The molecular formula is C5H8F2S. The van der Waals surface area contributed by atoms with E-state index >= 15 is 0 Å². The molecule has 1 fully saturated rings. The van der Waals surface area contributed by atoms with E-state index in [2.05, 4.69) is 12.6 Å². The van der Waals surface area contributed by atoms with Gasteiger partial charge in [0.1, 0.15) is 0 Å². The van der Waals surface area contributed by atoms with Gasteiger partial charge in [0, 0.05) is 17.6 Å². The topological polar surface area (TPSA) is 0 Å². The largest absolute Gasteiger partial charge is 0.252 e. The van der Waals surface area contributed by atoms with Gasteiger partial charge in [-0.15, -0.1) is 0 Å². The molecule has 0 aromatic rings. The van der Waals surface area contributed by atoms with Crippen LogP contribution in [0.25, 0.3) is 0 Å². The van der Waals surface area contributed by atoms with E-state index in [9.17, 15) is 8.78 Å². The van der Waals surface area contributed by atoms with Gasteiger partial charge in [0.15, 0.2) is 0 Å². The minimum Gasteiger partial charge on any atom is -0.207 e. The molecule has 3 heteroatoms. The summed E-state index contributed by atoms with van der Waals surface area (Å²) in [4.78, 5) is 0. The SMILES string of the molecule is CC(S)[C@H]1CC1(F)F. The predicted octanol–water partition coefficient (Wildman–Crippen LogP) is 1.96. The van der Waals surface area contributed by atoms with Crippen LogP contribution in [0.4, 0.5) is 8.78 Å². The zero-order chi connectivity index (χ0) is 6.36. The monoisotopic (exact) mass is 138 g/mol. The maximum absolute atomic E-state index is 12.0. The van der Waals surface area contributed by atoms with E-state index in [0.717, 1.165) is 0 Å². The molecule has 0 nitrogen and oxygen atoms in total. The van der Waals surface area contributed by atoms with Crippen LogP contribution in [0.5, 0.6) is 0 Å². The average molecular weight is 138 g/mol. The van der Waals surface area contributed by atoms with Crippen LogP contribution >= 0.6 is 12.6 Å². The number of rotatable bonds is 1. The molecule has 8 heavy (non-hydrogen) atoms. The molecule has 0 heterocycles. The van der Waals surface area contributed by atoms with Crippen LogP contribution in [0.2, 0.25) is 0 Å². The summed E-state index contributed by atoms with van der Waals surface area (Å²) in [6.45, 7) is 1.70. The fraction of sp³-hybridized carbons (Fsp3) is 1.00. The van der Waals surface area contributed by atoms with Crippen molar-refractivity contribution in [2.75, 3.05) is 0 Å². The van der Waals surface area contributed by atoms with Gasteiger partial charge in [0.2, 0.25) is 0 Å². The fourth-order valence-corrected chi connectivity index (χ4v) is 1.08. The van der Waals surface area contributed by atoms with Crippen molar-refractivity contribution in [2.45, 2.75) is 24.5 Å². The number of hydrogen-bond acceptors (Lipinski definition) is 1. The Morgan fingerprint density at radius 3 is 2.12 bits per heavy atom. The van der Waals surface area contributed by atoms with Gasteiger partial charge in [-0.05, 0) is 0 Å². The molecule has 0 aromatic heterocycles. The maximum atomic E-state index is 12.0. The summed E-state index contributed by atoms with van der Waals surface area (Å²) in [6, 6.07) is 0. The second kappa shape index (κ2) is 1.59. The van der Waals surface area contributed by atoms with Crippen LogP contribution < -0.4 is 0 Å². The maximum Gasteiger partial charge on any atom is 0.252 e. The third kappa shape index (κ3) is 0.966. The van der Waals surface area contributed by atoms with Crippen LogP contribution in [0.1, 0.15) is 13.3 Å².